The van der Waals surface area contributed by atoms with E-state index in [9.17, 15) is 28.7 Å². The van der Waals surface area contributed by atoms with Gasteiger partial charge in [0.25, 0.3) is 0 Å². The van der Waals surface area contributed by atoms with Gasteiger partial charge in [0.2, 0.25) is 0 Å². The van der Waals surface area contributed by atoms with Crippen LogP contribution in [0.4, 0.5) is 0 Å². The van der Waals surface area contributed by atoms with Crippen LogP contribution in [-0.2, 0) is 41.8 Å². The second-order valence-electron chi connectivity index (χ2n) is 14.6. The number of esters is 2. The predicted octanol–water partition coefficient (Wildman–Crippen LogP) is 10.6. The van der Waals surface area contributed by atoms with Crippen molar-refractivity contribution in [2.45, 2.75) is 206 Å². The molecular weight excluding hydrogens is 750 g/mol. The summed E-state index contributed by atoms with van der Waals surface area (Å²) in [5, 5.41) is 9.73. The van der Waals surface area contributed by atoms with E-state index in [-0.39, 0.29) is 19.4 Å². The van der Waals surface area contributed by atoms with Gasteiger partial charge in [-0.05, 0) is 38.5 Å². The van der Waals surface area contributed by atoms with Gasteiger partial charge in [-0.1, -0.05) is 154 Å². The first-order valence-corrected chi connectivity index (χ1v) is 24.4. The molecule has 0 spiro atoms. The average molecular weight is 829 g/mol. The Labute approximate surface area is 332 Å². The summed E-state index contributed by atoms with van der Waals surface area (Å²) in [5.74, 6) is -1.03. The van der Waals surface area contributed by atoms with Crippen LogP contribution in [0.25, 0.3) is 0 Å². The van der Waals surface area contributed by atoms with Crippen molar-refractivity contribution in [3.05, 3.63) is 12.2 Å². The summed E-state index contributed by atoms with van der Waals surface area (Å²) in [6.45, 7) is 1.76. The fourth-order valence-corrected chi connectivity index (χ4v) is 7.03. The molecular formula is C40H78O13P2. The van der Waals surface area contributed by atoms with Gasteiger partial charge in [0.05, 0.1) is 19.8 Å². The van der Waals surface area contributed by atoms with E-state index in [0.29, 0.717) is 12.8 Å². The van der Waals surface area contributed by atoms with Crippen molar-refractivity contribution in [1.82, 2.24) is 0 Å². The van der Waals surface area contributed by atoms with Gasteiger partial charge in [0, 0.05) is 12.8 Å². The largest absolute Gasteiger partial charge is 0.472 e. The number of rotatable bonds is 41. The van der Waals surface area contributed by atoms with Gasteiger partial charge in [-0.3, -0.25) is 23.2 Å². The first kappa shape index (κ1) is 53.9. The Morgan fingerprint density at radius 3 is 1.36 bits per heavy atom. The predicted molar refractivity (Wildman–Crippen MR) is 216 cm³/mol. The molecule has 4 N–H and O–H groups in total. The molecule has 0 heterocycles. The summed E-state index contributed by atoms with van der Waals surface area (Å²) in [7, 11) is -9.66. The molecule has 0 saturated carbocycles. The van der Waals surface area contributed by atoms with Gasteiger partial charge in [0.1, 0.15) is 12.7 Å². The van der Waals surface area contributed by atoms with Crippen LogP contribution in [0.2, 0.25) is 0 Å². The smallest absolute Gasteiger partial charge is 0.462 e. The van der Waals surface area contributed by atoms with E-state index in [2.05, 4.69) is 35.0 Å². The molecule has 13 nitrogen and oxygen atoms in total. The van der Waals surface area contributed by atoms with Crippen LogP contribution in [0.3, 0.4) is 0 Å². The van der Waals surface area contributed by atoms with Gasteiger partial charge in [-0.25, -0.2) is 9.13 Å². The van der Waals surface area contributed by atoms with Crippen LogP contribution < -0.4 is 0 Å². The van der Waals surface area contributed by atoms with Crippen LogP contribution in [0.1, 0.15) is 194 Å². The number of carbonyl (C=O) groups is 2. The summed E-state index contributed by atoms with van der Waals surface area (Å²) in [6, 6.07) is 0. The Morgan fingerprint density at radius 1 is 0.509 bits per heavy atom. The fraction of sp³-hybridized carbons (Fsp3) is 0.900. The number of hydrogen-bond donors (Lipinski definition) is 4. The lowest BCUT2D eigenvalue weighted by molar-refractivity contribution is -0.161. The number of carbonyl (C=O) groups excluding carboxylic acids is 2. The summed E-state index contributed by atoms with van der Waals surface area (Å²) < 4.78 is 47.7. The second-order valence-corrected chi connectivity index (χ2v) is 17.3. The molecule has 0 fully saturated rings. The van der Waals surface area contributed by atoms with Gasteiger partial charge in [0.15, 0.2) is 6.10 Å². The number of allylic oxidation sites excluding steroid dienone is 2. The Bertz CT molecular complexity index is 1040. The number of aliphatic hydroxyl groups excluding tert-OH is 1. The Balaban J connectivity index is 4.51. The summed E-state index contributed by atoms with van der Waals surface area (Å²) in [6.07, 6.45) is 32.0. The third kappa shape index (κ3) is 40.8. The molecule has 3 atom stereocenters. The Morgan fingerprint density at radius 2 is 0.891 bits per heavy atom. The zero-order chi connectivity index (χ0) is 40.9. The number of unbranched alkanes of at least 4 members (excludes halogenated alkanes) is 23. The van der Waals surface area contributed by atoms with Crippen molar-refractivity contribution in [1.29, 1.82) is 0 Å². The van der Waals surface area contributed by atoms with Crippen molar-refractivity contribution in [3.8, 4) is 0 Å². The monoisotopic (exact) mass is 828 g/mol. The maximum Gasteiger partial charge on any atom is 0.472 e. The Hall–Kier alpha value is -1.14. The molecule has 55 heavy (non-hydrogen) atoms. The standard InChI is InChI=1S/C40H78O13P2/c1-3-5-7-9-11-13-15-17-18-20-21-23-25-27-29-31-39(42)49-35-38(36-52-55(47,48)51-34-37(41)33-50-54(44,45)46)53-40(43)32-30-28-26-24-22-19-16-14-12-10-8-6-4-2/h14,16,37-38,41H,3-13,15,17-36H2,1-2H3,(H,47,48)(H2,44,45,46)/b16-14-/t37-,38+/m0/s1. The highest BCUT2D eigenvalue weighted by Crippen LogP contribution is 2.43. The number of phosphoric acid groups is 2. The van der Waals surface area contributed by atoms with Gasteiger partial charge < -0.3 is 29.3 Å². The summed E-state index contributed by atoms with van der Waals surface area (Å²) >= 11 is 0. The molecule has 0 amide bonds. The van der Waals surface area contributed by atoms with Crippen LogP contribution >= 0.6 is 15.6 Å². The lowest BCUT2D eigenvalue weighted by Gasteiger charge is -2.20. The molecule has 0 saturated heterocycles. The number of aliphatic hydroxyl groups is 1. The van der Waals surface area contributed by atoms with Crippen molar-refractivity contribution in [2.24, 2.45) is 0 Å². The molecule has 326 valence electrons. The minimum absolute atomic E-state index is 0.125. The van der Waals surface area contributed by atoms with E-state index in [1.807, 2.05) is 0 Å². The van der Waals surface area contributed by atoms with Crippen molar-refractivity contribution >= 4 is 27.6 Å². The van der Waals surface area contributed by atoms with Crippen LogP contribution in [-0.4, -0.2) is 70.4 Å². The topological polar surface area (TPSA) is 195 Å². The molecule has 0 aromatic heterocycles. The molecule has 0 radical (unpaired) electrons. The summed E-state index contributed by atoms with van der Waals surface area (Å²) in [4.78, 5) is 52.6. The molecule has 1 unspecified atom stereocenters. The van der Waals surface area contributed by atoms with Gasteiger partial charge in [-0.15, -0.1) is 0 Å². The summed E-state index contributed by atoms with van der Waals surface area (Å²) in [5.41, 5.74) is 0. The molecule has 0 aromatic rings. The van der Waals surface area contributed by atoms with Crippen molar-refractivity contribution < 1.29 is 61.6 Å². The van der Waals surface area contributed by atoms with Crippen molar-refractivity contribution in [3.63, 3.8) is 0 Å². The maximum absolute atomic E-state index is 12.6. The third-order valence-corrected chi connectivity index (χ3v) is 10.6. The first-order chi connectivity index (χ1) is 26.4. The zero-order valence-electron chi connectivity index (χ0n) is 34.3. The molecule has 15 heteroatoms. The van der Waals surface area contributed by atoms with E-state index in [4.69, 9.17) is 23.8 Å². The third-order valence-electron chi connectivity index (χ3n) is 9.14. The lowest BCUT2D eigenvalue weighted by atomic mass is 10.0. The lowest BCUT2D eigenvalue weighted by Crippen LogP contribution is -2.30. The molecule has 0 aromatic carbocycles. The molecule has 0 aliphatic rings. The molecule has 0 bridgehead atoms. The second kappa shape index (κ2) is 37.2. The molecule has 0 aliphatic heterocycles. The fourth-order valence-electron chi connectivity index (χ4n) is 5.87. The quantitative estimate of drug-likeness (QED) is 0.0197. The van der Waals surface area contributed by atoms with E-state index in [1.165, 1.54) is 96.3 Å². The normalized spacial score (nSPS) is 14.2. The maximum atomic E-state index is 12.6. The van der Waals surface area contributed by atoms with Crippen LogP contribution in [0.15, 0.2) is 12.2 Å². The van der Waals surface area contributed by atoms with Crippen LogP contribution in [0, 0.1) is 0 Å². The highest BCUT2D eigenvalue weighted by Gasteiger charge is 2.28. The van der Waals surface area contributed by atoms with Crippen LogP contribution in [0.5, 0.6) is 0 Å². The van der Waals surface area contributed by atoms with Crippen molar-refractivity contribution in [2.75, 3.05) is 26.4 Å². The van der Waals surface area contributed by atoms with E-state index < -0.39 is 59.6 Å². The van der Waals surface area contributed by atoms with Gasteiger partial charge in [-0.2, -0.15) is 0 Å². The van der Waals surface area contributed by atoms with E-state index >= 15 is 0 Å². The minimum Gasteiger partial charge on any atom is -0.462 e. The van der Waals surface area contributed by atoms with E-state index in [1.54, 1.807) is 0 Å². The Kier molecular flexibility index (Phi) is 36.4. The first-order valence-electron chi connectivity index (χ1n) is 21.4. The highest BCUT2D eigenvalue weighted by atomic mass is 31.2. The zero-order valence-corrected chi connectivity index (χ0v) is 36.1. The molecule has 0 aliphatic carbocycles. The van der Waals surface area contributed by atoms with Gasteiger partial charge >= 0.3 is 27.6 Å². The number of phosphoric ester groups is 2. The SMILES string of the molecule is CCCCCC/C=C\CCCCCCCC(=O)O[C@H](COC(=O)CCCCCCCCCCCCCCCCC)COP(=O)(O)OC[C@@H](O)COP(=O)(O)O. The van der Waals surface area contributed by atoms with E-state index in [0.717, 1.165) is 57.8 Å². The molecule has 0 rings (SSSR count). The average Bonchev–Trinajstić information content (AvgIpc) is 3.14. The minimum atomic E-state index is -4.86. The number of ether oxygens (including phenoxy) is 2. The number of hydrogen-bond acceptors (Lipinski definition) is 10. The highest BCUT2D eigenvalue weighted by molar-refractivity contribution is 7.47.